The number of thiophene rings is 1. The number of ether oxygens (including phenoxy) is 1. The molecule has 1 aromatic heterocycles. The first-order chi connectivity index (χ1) is 14.3. The lowest BCUT2D eigenvalue weighted by Crippen LogP contribution is -2.34. The number of aryl methyl sites for hydroxylation is 2. The van der Waals surface area contributed by atoms with Crippen LogP contribution in [0.15, 0.2) is 35.7 Å². The molecule has 3 rings (SSSR count). The van der Waals surface area contributed by atoms with Crippen molar-refractivity contribution >= 4 is 34.2 Å². The summed E-state index contributed by atoms with van der Waals surface area (Å²) in [6.45, 7) is 5.95. The van der Waals surface area contributed by atoms with Gasteiger partial charge in [0.15, 0.2) is 0 Å². The van der Waals surface area contributed by atoms with Gasteiger partial charge in [0.25, 0.3) is 0 Å². The Morgan fingerprint density at radius 1 is 1.13 bits per heavy atom. The number of nitrogens with one attached hydrogen (secondary N) is 1. The standard InChI is InChI=1S/C23H25NO5S/c1-4-29-23(28)19-18(15-10-9-13(2)14(3)11-15)12-30-21(19)24-20(25)16-7-5-6-8-17(16)22(26)27/h5-6,9-12,16-17H,4,7-8H2,1-3H3,(H,24,25)(H,26,27)/t16-,17-/m1/s1. The maximum absolute atomic E-state index is 12.9. The van der Waals surface area contributed by atoms with Gasteiger partial charge in [-0.25, -0.2) is 4.79 Å². The summed E-state index contributed by atoms with van der Waals surface area (Å²) in [5.74, 6) is -3.37. The van der Waals surface area contributed by atoms with Crippen molar-refractivity contribution in [1.29, 1.82) is 0 Å². The van der Waals surface area contributed by atoms with E-state index >= 15 is 0 Å². The molecular formula is C23H25NO5S. The van der Waals surface area contributed by atoms with Gasteiger partial charge in [-0.15, -0.1) is 11.3 Å². The van der Waals surface area contributed by atoms with Crippen molar-refractivity contribution < 1.29 is 24.2 Å². The average molecular weight is 428 g/mol. The fourth-order valence-electron chi connectivity index (χ4n) is 3.56. The van der Waals surface area contributed by atoms with Crippen LogP contribution in [-0.2, 0) is 14.3 Å². The van der Waals surface area contributed by atoms with Crippen LogP contribution in [0.3, 0.4) is 0 Å². The Kier molecular flexibility index (Phi) is 6.72. The van der Waals surface area contributed by atoms with Crippen LogP contribution < -0.4 is 5.32 Å². The lowest BCUT2D eigenvalue weighted by Gasteiger charge is -2.24. The van der Waals surface area contributed by atoms with E-state index in [1.165, 1.54) is 11.3 Å². The molecule has 0 saturated carbocycles. The fraction of sp³-hybridized carbons (Fsp3) is 0.348. The smallest absolute Gasteiger partial charge is 0.341 e. The van der Waals surface area contributed by atoms with Crippen LogP contribution in [-0.4, -0.2) is 29.6 Å². The highest BCUT2D eigenvalue weighted by molar-refractivity contribution is 7.15. The Morgan fingerprint density at radius 2 is 1.83 bits per heavy atom. The number of carbonyl (C=O) groups is 3. The first-order valence-electron chi connectivity index (χ1n) is 9.88. The molecule has 0 saturated heterocycles. The monoisotopic (exact) mass is 427 g/mol. The molecule has 1 aliphatic rings. The number of aliphatic carboxylic acids is 1. The van der Waals surface area contributed by atoms with Crippen molar-refractivity contribution in [2.45, 2.75) is 33.6 Å². The summed E-state index contributed by atoms with van der Waals surface area (Å²) < 4.78 is 5.24. The number of hydrogen-bond acceptors (Lipinski definition) is 5. The zero-order valence-electron chi connectivity index (χ0n) is 17.2. The molecule has 30 heavy (non-hydrogen) atoms. The molecule has 2 N–H and O–H groups in total. The minimum atomic E-state index is -0.993. The summed E-state index contributed by atoms with van der Waals surface area (Å²) in [5, 5.41) is 14.5. The number of hydrogen-bond donors (Lipinski definition) is 2. The molecule has 1 heterocycles. The number of amides is 1. The van der Waals surface area contributed by atoms with E-state index < -0.39 is 29.7 Å². The van der Waals surface area contributed by atoms with Gasteiger partial charge in [0, 0.05) is 10.9 Å². The first kappa shape index (κ1) is 21.8. The zero-order valence-corrected chi connectivity index (χ0v) is 18.0. The molecule has 158 valence electrons. The zero-order chi connectivity index (χ0) is 21.8. The Hall–Kier alpha value is -2.93. The summed E-state index contributed by atoms with van der Waals surface area (Å²) in [5.41, 5.74) is 4.09. The normalized spacial score (nSPS) is 18.1. The van der Waals surface area contributed by atoms with Gasteiger partial charge in [0.1, 0.15) is 10.6 Å². The van der Waals surface area contributed by atoms with E-state index in [1.807, 2.05) is 43.5 Å². The van der Waals surface area contributed by atoms with Crippen LogP contribution in [0.2, 0.25) is 0 Å². The predicted molar refractivity (Wildman–Crippen MR) is 117 cm³/mol. The molecule has 2 atom stereocenters. The summed E-state index contributed by atoms with van der Waals surface area (Å²) >= 11 is 1.24. The summed E-state index contributed by atoms with van der Waals surface area (Å²) in [4.78, 5) is 37.2. The molecule has 0 fully saturated rings. The SMILES string of the molecule is CCOC(=O)c1c(-c2ccc(C)c(C)c2)csc1NC(=O)[C@@H]1CC=CC[C@H]1C(=O)O. The molecular weight excluding hydrogens is 402 g/mol. The number of benzene rings is 1. The van der Waals surface area contributed by atoms with Crippen molar-refractivity contribution in [2.24, 2.45) is 11.8 Å². The van der Waals surface area contributed by atoms with E-state index in [2.05, 4.69) is 5.32 Å². The second kappa shape index (κ2) is 9.26. The molecule has 6 nitrogen and oxygen atoms in total. The minimum Gasteiger partial charge on any atom is -0.481 e. The van der Waals surface area contributed by atoms with Gasteiger partial charge in [-0.1, -0.05) is 30.4 Å². The number of anilines is 1. The highest BCUT2D eigenvalue weighted by Gasteiger charge is 2.35. The molecule has 1 aromatic carbocycles. The fourth-order valence-corrected chi connectivity index (χ4v) is 4.52. The maximum atomic E-state index is 12.9. The Labute approximate surface area is 179 Å². The van der Waals surface area contributed by atoms with E-state index in [4.69, 9.17) is 4.74 Å². The number of carboxylic acids is 1. The minimum absolute atomic E-state index is 0.211. The number of carbonyl (C=O) groups excluding carboxylic acids is 2. The molecule has 0 radical (unpaired) electrons. The molecule has 0 spiro atoms. The Morgan fingerprint density at radius 3 is 2.47 bits per heavy atom. The van der Waals surface area contributed by atoms with Gasteiger partial charge in [-0.05, 0) is 50.3 Å². The second-order valence-electron chi connectivity index (χ2n) is 7.36. The molecule has 1 amide bonds. The third-order valence-corrected chi connectivity index (χ3v) is 6.31. The van der Waals surface area contributed by atoms with E-state index in [0.29, 0.717) is 29.0 Å². The van der Waals surface area contributed by atoms with Crippen molar-refractivity contribution in [3.63, 3.8) is 0 Å². The van der Waals surface area contributed by atoms with Gasteiger partial charge < -0.3 is 15.2 Å². The molecule has 7 heteroatoms. The largest absolute Gasteiger partial charge is 0.481 e. The van der Waals surface area contributed by atoms with Crippen LogP contribution >= 0.6 is 11.3 Å². The van der Waals surface area contributed by atoms with Crippen molar-refractivity contribution in [1.82, 2.24) is 0 Å². The summed E-state index contributed by atoms with van der Waals surface area (Å²) in [6.07, 6.45) is 4.28. The lowest BCUT2D eigenvalue weighted by atomic mass is 9.82. The second-order valence-corrected chi connectivity index (χ2v) is 8.24. The first-order valence-corrected chi connectivity index (χ1v) is 10.8. The highest BCUT2D eigenvalue weighted by Crippen LogP contribution is 2.38. The van der Waals surface area contributed by atoms with Crippen molar-refractivity contribution in [2.75, 3.05) is 11.9 Å². The van der Waals surface area contributed by atoms with Crippen LogP contribution in [0.4, 0.5) is 5.00 Å². The van der Waals surface area contributed by atoms with Gasteiger partial charge in [-0.2, -0.15) is 0 Å². The van der Waals surface area contributed by atoms with Gasteiger partial charge in [0.2, 0.25) is 5.91 Å². The molecule has 0 aliphatic heterocycles. The van der Waals surface area contributed by atoms with E-state index in [0.717, 1.165) is 16.7 Å². The topological polar surface area (TPSA) is 92.7 Å². The Balaban J connectivity index is 1.96. The van der Waals surface area contributed by atoms with Gasteiger partial charge in [-0.3, -0.25) is 9.59 Å². The molecule has 1 aliphatic carbocycles. The molecule has 2 aromatic rings. The van der Waals surface area contributed by atoms with Gasteiger partial charge >= 0.3 is 11.9 Å². The van der Waals surface area contributed by atoms with E-state index in [9.17, 15) is 19.5 Å². The quantitative estimate of drug-likeness (QED) is 0.510. The molecule has 0 unspecified atom stereocenters. The lowest BCUT2D eigenvalue weighted by molar-refractivity contribution is -0.146. The number of allylic oxidation sites excluding steroid dienone is 2. The maximum Gasteiger partial charge on any atom is 0.341 e. The van der Waals surface area contributed by atoms with E-state index in [1.54, 1.807) is 13.0 Å². The average Bonchev–Trinajstić information content (AvgIpc) is 3.13. The third-order valence-electron chi connectivity index (χ3n) is 5.41. The summed E-state index contributed by atoms with van der Waals surface area (Å²) in [6, 6.07) is 5.92. The number of carboxylic acid groups (broad SMARTS) is 1. The van der Waals surface area contributed by atoms with Crippen LogP contribution in [0.5, 0.6) is 0 Å². The van der Waals surface area contributed by atoms with E-state index in [-0.39, 0.29) is 6.61 Å². The summed E-state index contributed by atoms with van der Waals surface area (Å²) in [7, 11) is 0. The number of esters is 1. The van der Waals surface area contributed by atoms with Crippen LogP contribution in [0, 0.1) is 25.7 Å². The Bertz CT molecular complexity index is 1010. The van der Waals surface area contributed by atoms with Crippen LogP contribution in [0.25, 0.3) is 11.1 Å². The van der Waals surface area contributed by atoms with Gasteiger partial charge in [0.05, 0.1) is 18.4 Å². The third kappa shape index (κ3) is 4.46. The highest BCUT2D eigenvalue weighted by atomic mass is 32.1. The van der Waals surface area contributed by atoms with Crippen molar-refractivity contribution in [3.8, 4) is 11.1 Å². The van der Waals surface area contributed by atoms with Crippen molar-refractivity contribution in [3.05, 3.63) is 52.4 Å². The predicted octanol–water partition coefficient (Wildman–Crippen LogP) is 4.81. The van der Waals surface area contributed by atoms with Crippen LogP contribution in [0.1, 0.15) is 41.3 Å². The molecule has 0 bridgehead atoms. The number of rotatable bonds is 6.